The van der Waals surface area contributed by atoms with Crippen LogP contribution in [0.15, 0.2) is 24.8 Å². The van der Waals surface area contributed by atoms with Gasteiger partial charge in [0.2, 0.25) is 0 Å². The molecule has 0 spiro atoms. The lowest BCUT2D eigenvalue weighted by atomic mass is 10.1. The summed E-state index contributed by atoms with van der Waals surface area (Å²) in [5, 5.41) is 18.0. The van der Waals surface area contributed by atoms with Crippen LogP contribution in [0.4, 0.5) is 0 Å². The molecule has 0 fully saturated rings. The van der Waals surface area contributed by atoms with E-state index in [-0.39, 0.29) is 18.6 Å². The second kappa shape index (κ2) is 7.47. The number of nitrogens with zero attached hydrogens (tertiary/aromatic N) is 5. The number of carboxylic acids is 2. The monoisotopic (exact) mass is 349 g/mol. The molecule has 0 bridgehead atoms. The van der Waals surface area contributed by atoms with E-state index < -0.39 is 11.9 Å². The van der Waals surface area contributed by atoms with Crippen LogP contribution in [0.5, 0.6) is 0 Å². The Hall–Kier alpha value is -2.68. The van der Waals surface area contributed by atoms with Gasteiger partial charge in [-0.05, 0) is 20.8 Å². The van der Waals surface area contributed by atoms with Crippen LogP contribution in [0.2, 0.25) is 0 Å². The van der Waals surface area contributed by atoms with Crippen LogP contribution in [-0.2, 0) is 35.8 Å². The summed E-state index contributed by atoms with van der Waals surface area (Å²) in [4.78, 5) is 32.5. The fourth-order valence-corrected chi connectivity index (χ4v) is 2.43. The first kappa shape index (κ1) is 18.7. The van der Waals surface area contributed by atoms with E-state index in [2.05, 4.69) is 14.9 Å². The summed E-state index contributed by atoms with van der Waals surface area (Å²) in [5.74, 6) is -0.598. The lowest BCUT2D eigenvalue weighted by Crippen LogP contribution is -2.41. The third kappa shape index (κ3) is 5.15. The zero-order valence-electron chi connectivity index (χ0n) is 14.6. The fraction of sp³-hybridized carbons (Fsp3) is 0.500. The molecule has 2 N–H and O–H groups in total. The van der Waals surface area contributed by atoms with E-state index in [1.165, 1.54) is 0 Å². The molecule has 25 heavy (non-hydrogen) atoms. The summed E-state index contributed by atoms with van der Waals surface area (Å²) in [6, 6.07) is 0. The van der Waals surface area contributed by atoms with Gasteiger partial charge in [-0.3, -0.25) is 14.5 Å². The van der Waals surface area contributed by atoms with Crippen molar-refractivity contribution in [3.63, 3.8) is 0 Å². The molecular formula is C16H23N5O4. The molecule has 0 radical (unpaired) electrons. The molecule has 0 aliphatic rings. The topological polar surface area (TPSA) is 113 Å². The van der Waals surface area contributed by atoms with Crippen molar-refractivity contribution in [1.82, 2.24) is 24.0 Å². The Balaban J connectivity index is 2.21. The number of hydrogen-bond acceptors (Lipinski definition) is 5. The van der Waals surface area contributed by atoms with Gasteiger partial charge in [0.05, 0.1) is 13.1 Å². The summed E-state index contributed by atoms with van der Waals surface area (Å²) in [5.41, 5.74) is -0.250. The van der Waals surface area contributed by atoms with Crippen LogP contribution >= 0.6 is 0 Å². The van der Waals surface area contributed by atoms with Gasteiger partial charge in [0.15, 0.2) is 0 Å². The standard InChI is InChI=1S/C16H23N5O4/c1-16(2,3)21(8-12-17-4-6-19(12)10-14(22)23)9-13-18-5-7-20(13)11-15(24)25/h4-7H,8-11H2,1-3H3,(H,22,23)(H,24,25). The highest BCUT2D eigenvalue weighted by Gasteiger charge is 2.25. The van der Waals surface area contributed by atoms with E-state index in [4.69, 9.17) is 10.2 Å². The number of rotatable bonds is 8. The van der Waals surface area contributed by atoms with Crippen molar-refractivity contribution in [3.05, 3.63) is 36.4 Å². The summed E-state index contributed by atoms with van der Waals surface area (Å²) in [6.45, 7) is 6.63. The molecule has 2 aromatic heterocycles. The second-order valence-corrected chi connectivity index (χ2v) is 6.76. The number of carboxylic acid groups (broad SMARTS) is 2. The van der Waals surface area contributed by atoms with E-state index in [0.29, 0.717) is 24.7 Å². The number of hydrogen-bond donors (Lipinski definition) is 2. The summed E-state index contributed by atoms with van der Waals surface area (Å²) >= 11 is 0. The molecule has 0 aliphatic carbocycles. The van der Waals surface area contributed by atoms with Crippen molar-refractivity contribution >= 4 is 11.9 Å². The average Bonchev–Trinajstić information content (AvgIpc) is 3.06. The van der Waals surface area contributed by atoms with Gasteiger partial charge >= 0.3 is 11.9 Å². The maximum atomic E-state index is 11.0. The normalized spacial score (nSPS) is 11.8. The number of aromatic nitrogens is 4. The largest absolute Gasteiger partial charge is 0.480 e. The zero-order valence-corrected chi connectivity index (χ0v) is 14.6. The molecule has 2 heterocycles. The Morgan fingerprint density at radius 1 is 0.960 bits per heavy atom. The lowest BCUT2D eigenvalue weighted by Gasteiger charge is -2.35. The molecule has 0 saturated carbocycles. The highest BCUT2D eigenvalue weighted by molar-refractivity contribution is 5.66. The van der Waals surface area contributed by atoms with Gasteiger partial charge in [-0.25, -0.2) is 9.97 Å². The van der Waals surface area contributed by atoms with Crippen LogP contribution in [0.25, 0.3) is 0 Å². The maximum absolute atomic E-state index is 11.0. The molecular weight excluding hydrogens is 326 g/mol. The third-order valence-corrected chi connectivity index (χ3v) is 3.83. The van der Waals surface area contributed by atoms with Crippen LogP contribution in [0, 0.1) is 0 Å². The molecule has 0 amide bonds. The second-order valence-electron chi connectivity index (χ2n) is 6.76. The van der Waals surface area contributed by atoms with E-state index in [0.717, 1.165) is 0 Å². The maximum Gasteiger partial charge on any atom is 0.323 e. The van der Waals surface area contributed by atoms with Gasteiger partial charge in [0, 0.05) is 30.3 Å². The minimum Gasteiger partial charge on any atom is -0.480 e. The molecule has 2 aromatic rings. The van der Waals surface area contributed by atoms with Gasteiger partial charge in [-0.1, -0.05) is 0 Å². The minimum absolute atomic E-state index is 0.152. The zero-order chi connectivity index (χ0) is 18.6. The molecule has 9 heteroatoms. The number of carbonyl (C=O) groups is 2. The Kier molecular flexibility index (Phi) is 5.58. The molecule has 0 saturated heterocycles. The van der Waals surface area contributed by atoms with Crippen molar-refractivity contribution in [2.24, 2.45) is 0 Å². The first-order valence-corrected chi connectivity index (χ1v) is 7.85. The van der Waals surface area contributed by atoms with Crippen LogP contribution in [0.1, 0.15) is 32.4 Å². The average molecular weight is 349 g/mol. The van der Waals surface area contributed by atoms with Crippen LogP contribution in [0.3, 0.4) is 0 Å². The van der Waals surface area contributed by atoms with Gasteiger partial charge in [-0.2, -0.15) is 0 Å². The Bertz CT molecular complexity index is 688. The third-order valence-electron chi connectivity index (χ3n) is 3.83. The Labute approximate surface area is 145 Å². The van der Waals surface area contributed by atoms with Crippen molar-refractivity contribution in [2.45, 2.75) is 52.5 Å². The Morgan fingerprint density at radius 3 is 1.68 bits per heavy atom. The molecule has 2 rings (SSSR count). The van der Waals surface area contributed by atoms with Crippen molar-refractivity contribution in [1.29, 1.82) is 0 Å². The van der Waals surface area contributed by atoms with Crippen molar-refractivity contribution < 1.29 is 19.8 Å². The van der Waals surface area contributed by atoms with Gasteiger partial charge in [0.25, 0.3) is 0 Å². The summed E-state index contributed by atoms with van der Waals surface area (Å²) in [6.07, 6.45) is 6.42. The van der Waals surface area contributed by atoms with E-state index >= 15 is 0 Å². The highest BCUT2D eigenvalue weighted by atomic mass is 16.4. The van der Waals surface area contributed by atoms with Gasteiger partial charge in [0.1, 0.15) is 24.7 Å². The summed E-state index contributed by atoms with van der Waals surface area (Å²) < 4.78 is 3.18. The quantitative estimate of drug-likeness (QED) is 0.732. The smallest absolute Gasteiger partial charge is 0.323 e. The molecule has 0 aliphatic heterocycles. The highest BCUT2D eigenvalue weighted by Crippen LogP contribution is 2.20. The van der Waals surface area contributed by atoms with Crippen molar-refractivity contribution in [3.8, 4) is 0 Å². The van der Waals surface area contributed by atoms with Crippen LogP contribution in [-0.4, -0.2) is 51.7 Å². The van der Waals surface area contributed by atoms with Crippen LogP contribution < -0.4 is 0 Å². The van der Waals surface area contributed by atoms with E-state index in [1.54, 1.807) is 33.9 Å². The van der Waals surface area contributed by atoms with Gasteiger partial charge in [-0.15, -0.1) is 0 Å². The molecule has 136 valence electrons. The predicted molar refractivity (Wildman–Crippen MR) is 88.7 cm³/mol. The summed E-state index contributed by atoms with van der Waals surface area (Å²) in [7, 11) is 0. The molecule has 0 atom stereocenters. The van der Waals surface area contributed by atoms with E-state index in [9.17, 15) is 9.59 Å². The number of imidazole rings is 2. The Morgan fingerprint density at radius 2 is 1.36 bits per heavy atom. The van der Waals surface area contributed by atoms with Crippen molar-refractivity contribution in [2.75, 3.05) is 0 Å². The fourth-order valence-electron chi connectivity index (χ4n) is 2.43. The first-order valence-electron chi connectivity index (χ1n) is 7.85. The first-order chi connectivity index (χ1) is 11.7. The molecule has 0 aromatic carbocycles. The molecule has 9 nitrogen and oxygen atoms in total. The molecule has 0 unspecified atom stereocenters. The predicted octanol–water partition coefficient (Wildman–Crippen LogP) is 1.05. The lowest BCUT2D eigenvalue weighted by molar-refractivity contribution is -0.138. The van der Waals surface area contributed by atoms with Gasteiger partial charge < -0.3 is 19.3 Å². The SMILES string of the molecule is CC(C)(C)N(Cc1nccn1CC(=O)O)Cc1nccn1CC(=O)O. The minimum atomic E-state index is -0.932. The van der Waals surface area contributed by atoms with E-state index in [1.807, 2.05) is 20.8 Å². The number of aliphatic carboxylic acids is 2.